The number of pyridine rings is 1. The monoisotopic (exact) mass is 330 g/mol. The highest BCUT2D eigenvalue weighted by Gasteiger charge is 2.20. The van der Waals surface area contributed by atoms with Crippen LogP contribution < -0.4 is 19.8 Å². The van der Waals surface area contributed by atoms with Gasteiger partial charge in [0, 0.05) is 32.4 Å². The Kier molecular flexibility index (Phi) is 4.76. The van der Waals surface area contributed by atoms with Crippen LogP contribution in [0, 0.1) is 0 Å². The third-order valence-electron chi connectivity index (χ3n) is 4.15. The van der Waals surface area contributed by atoms with Gasteiger partial charge >= 0.3 is 0 Å². The molecule has 0 saturated heterocycles. The number of hydrogen-bond acceptors (Lipinski definition) is 5. The molecule has 1 aliphatic rings. The Bertz CT molecular complexity index is 785. The lowest BCUT2D eigenvalue weighted by Crippen LogP contribution is -2.24. The number of aryl methyl sites for hydroxylation is 1. The van der Waals surface area contributed by atoms with Crippen LogP contribution in [0.3, 0.4) is 0 Å². The fourth-order valence-electron chi connectivity index (χ4n) is 2.76. The summed E-state index contributed by atoms with van der Waals surface area (Å²) in [5.41, 5.74) is 2.10. The lowest BCUT2D eigenvalue weighted by molar-refractivity contribution is 0.171. The molecule has 24 heavy (non-hydrogen) atoms. The van der Waals surface area contributed by atoms with Gasteiger partial charge in [-0.1, -0.05) is 6.92 Å². The van der Waals surface area contributed by atoms with E-state index < -0.39 is 0 Å². The van der Waals surface area contributed by atoms with Crippen LogP contribution in [-0.4, -0.2) is 29.9 Å². The van der Waals surface area contributed by atoms with E-state index in [1.54, 1.807) is 31.0 Å². The minimum Gasteiger partial charge on any atom is -0.493 e. The number of methoxy groups -OCH3 is 1. The lowest BCUT2D eigenvalue weighted by atomic mass is 10.1. The van der Waals surface area contributed by atoms with Crippen LogP contribution in [0.25, 0.3) is 0 Å². The van der Waals surface area contributed by atoms with Gasteiger partial charge in [-0.2, -0.15) is 0 Å². The van der Waals surface area contributed by atoms with Crippen LogP contribution in [0.4, 0.5) is 0 Å². The first-order valence-corrected chi connectivity index (χ1v) is 7.95. The van der Waals surface area contributed by atoms with Crippen molar-refractivity contribution in [3.8, 4) is 17.2 Å². The molecule has 0 bridgehead atoms. The summed E-state index contributed by atoms with van der Waals surface area (Å²) in [5.74, 6) is 2.06. The highest BCUT2D eigenvalue weighted by molar-refractivity contribution is 5.55. The fourth-order valence-corrected chi connectivity index (χ4v) is 2.76. The molecule has 0 amide bonds. The molecule has 0 atom stereocenters. The molecule has 0 fully saturated rings. The highest BCUT2D eigenvalue weighted by atomic mass is 16.7. The van der Waals surface area contributed by atoms with E-state index >= 15 is 0 Å². The highest BCUT2D eigenvalue weighted by Crippen LogP contribution is 2.42. The third kappa shape index (κ3) is 3.38. The van der Waals surface area contributed by atoms with Crippen LogP contribution in [0.2, 0.25) is 0 Å². The van der Waals surface area contributed by atoms with Crippen molar-refractivity contribution in [1.82, 2.24) is 9.47 Å². The number of aromatic nitrogens is 1. The van der Waals surface area contributed by atoms with Gasteiger partial charge in [-0.05, 0) is 35.9 Å². The van der Waals surface area contributed by atoms with Crippen LogP contribution in [0.1, 0.15) is 18.1 Å². The summed E-state index contributed by atoms with van der Waals surface area (Å²) in [7, 11) is 3.38. The predicted molar refractivity (Wildman–Crippen MR) is 90.6 cm³/mol. The minimum atomic E-state index is 0.00769. The van der Waals surface area contributed by atoms with Crippen molar-refractivity contribution < 1.29 is 14.2 Å². The maximum Gasteiger partial charge on any atom is 0.250 e. The number of ether oxygens (including phenoxy) is 3. The Labute approximate surface area is 141 Å². The first kappa shape index (κ1) is 16.4. The topological polar surface area (TPSA) is 52.9 Å². The molecule has 6 nitrogen and oxygen atoms in total. The summed E-state index contributed by atoms with van der Waals surface area (Å²) in [4.78, 5) is 14.0. The fraction of sp³-hybridized carbons (Fsp3) is 0.389. The summed E-state index contributed by atoms with van der Waals surface area (Å²) in [6.07, 6.45) is 1.80. The minimum absolute atomic E-state index is 0.00769. The maximum absolute atomic E-state index is 11.8. The zero-order valence-corrected chi connectivity index (χ0v) is 14.2. The van der Waals surface area contributed by atoms with E-state index in [0.717, 1.165) is 24.2 Å². The number of nitrogens with zero attached hydrogens (tertiary/aromatic N) is 2. The van der Waals surface area contributed by atoms with Crippen molar-refractivity contribution in [2.45, 2.75) is 20.0 Å². The molecule has 3 rings (SSSR count). The molecule has 0 aliphatic carbocycles. The number of hydrogen-bond donors (Lipinski definition) is 0. The van der Waals surface area contributed by atoms with Gasteiger partial charge in [0.1, 0.15) is 0 Å². The molecule has 0 spiro atoms. The zero-order valence-electron chi connectivity index (χ0n) is 14.2. The predicted octanol–water partition coefficient (Wildman–Crippen LogP) is 2.14. The number of benzene rings is 1. The summed E-state index contributed by atoms with van der Waals surface area (Å²) in [6.45, 7) is 4.64. The van der Waals surface area contributed by atoms with E-state index in [9.17, 15) is 4.79 Å². The second-order valence-corrected chi connectivity index (χ2v) is 5.82. The van der Waals surface area contributed by atoms with Crippen molar-refractivity contribution in [2.75, 3.05) is 20.4 Å². The average molecular weight is 330 g/mol. The molecule has 6 heteroatoms. The number of rotatable bonds is 6. The average Bonchev–Trinajstić information content (AvgIpc) is 3.05. The van der Waals surface area contributed by atoms with Crippen molar-refractivity contribution in [3.63, 3.8) is 0 Å². The van der Waals surface area contributed by atoms with E-state index in [0.29, 0.717) is 23.8 Å². The van der Waals surface area contributed by atoms with Gasteiger partial charge in [-0.3, -0.25) is 9.69 Å². The molecule has 0 unspecified atom stereocenters. The Morgan fingerprint density at radius 1 is 1.21 bits per heavy atom. The van der Waals surface area contributed by atoms with Gasteiger partial charge in [0.15, 0.2) is 11.5 Å². The number of fused-ring (bicyclic) bond motifs is 1. The molecule has 1 aromatic carbocycles. The van der Waals surface area contributed by atoms with E-state index in [1.807, 2.05) is 18.2 Å². The Morgan fingerprint density at radius 3 is 2.71 bits per heavy atom. The summed E-state index contributed by atoms with van der Waals surface area (Å²) >= 11 is 0. The largest absolute Gasteiger partial charge is 0.493 e. The van der Waals surface area contributed by atoms with E-state index in [4.69, 9.17) is 14.2 Å². The van der Waals surface area contributed by atoms with Crippen molar-refractivity contribution in [1.29, 1.82) is 0 Å². The van der Waals surface area contributed by atoms with Crippen LogP contribution >= 0.6 is 0 Å². The van der Waals surface area contributed by atoms with Gasteiger partial charge in [0.05, 0.1) is 7.11 Å². The first-order chi connectivity index (χ1) is 11.6. The van der Waals surface area contributed by atoms with Gasteiger partial charge in [0.25, 0.3) is 5.56 Å². The lowest BCUT2D eigenvalue weighted by Gasteiger charge is -2.21. The molecule has 0 N–H and O–H groups in total. The van der Waals surface area contributed by atoms with Gasteiger partial charge in [-0.25, -0.2) is 0 Å². The summed E-state index contributed by atoms with van der Waals surface area (Å²) in [6, 6.07) is 7.62. The van der Waals surface area contributed by atoms with Crippen molar-refractivity contribution >= 4 is 0 Å². The molecule has 128 valence electrons. The second-order valence-electron chi connectivity index (χ2n) is 5.82. The molecule has 0 saturated carbocycles. The molecule has 0 radical (unpaired) electrons. The first-order valence-electron chi connectivity index (χ1n) is 7.95. The molecule has 1 aromatic heterocycles. The van der Waals surface area contributed by atoms with Crippen LogP contribution in [0.15, 0.2) is 35.3 Å². The zero-order chi connectivity index (χ0) is 17.1. The summed E-state index contributed by atoms with van der Waals surface area (Å²) < 4.78 is 17.9. The maximum atomic E-state index is 11.8. The standard InChI is InChI=1S/C18H22N2O4/c1-4-20(10-13-5-6-19(2)17(21)9-13)11-14-7-15(22-3)18-16(8-14)23-12-24-18/h5-9H,4,10-12H2,1-3H3. The van der Waals surface area contributed by atoms with Gasteiger partial charge in [-0.15, -0.1) is 0 Å². The SMILES string of the molecule is CCN(Cc1cc(OC)c2c(c1)OCO2)Cc1ccn(C)c(=O)c1. The normalized spacial score (nSPS) is 12.7. The van der Waals surface area contributed by atoms with E-state index in [2.05, 4.69) is 11.8 Å². The molecule has 2 aromatic rings. The molecule has 2 heterocycles. The Morgan fingerprint density at radius 2 is 2.00 bits per heavy atom. The second kappa shape index (κ2) is 6.97. The van der Waals surface area contributed by atoms with Gasteiger partial charge < -0.3 is 18.8 Å². The van der Waals surface area contributed by atoms with Crippen molar-refractivity contribution in [3.05, 3.63) is 51.9 Å². The smallest absolute Gasteiger partial charge is 0.250 e. The van der Waals surface area contributed by atoms with Gasteiger partial charge in [0.2, 0.25) is 12.5 Å². The van der Waals surface area contributed by atoms with E-state index in [1.165, 1.54) is 0 Å². The van der Waals surface area contributed by atoms with E-state index in [-0.39, 0.29) is 12.4 Å². The van der Waals surface area contributed by atoms with Crippen LogP contribution in [-0.2, 0) is 20.1 Å². The quantitative estimate of drug-likeness (QED) is 0.812. The Hall–Kier alpha value is -2.47. The Balaban J connectivity index is 1.78. The third-order valence-corrected chi connectivity index (χ3v) is 4.15. The molecular weight excluding hydrogens is 308 g/mol. The van der Waals surface area contributed by atoms with Crippen molar-refractivity contribution in [2.24, 2.45) is 7.05 Å². The molecular formula is C18H22N2O4. The summed E-state index contributed by atoms with van der Waals surface area (Å²) in [5, 5.41) is 0. The van der Waals surface area contributed by atoms with Crippen LogP contribution in [0.5, 0.6) is 17.2 Å². The molecule has 1 aliphatic heterocycles.